The second kappa shape index (κ2) is 8.95. The third kappa shape index (κ3) is 4.53. The zero-order chi connectivity index (χ0) is 21.8. The maximum absolute atomic E-state index is 12.7. The number of sulfonamides is 1. The Labute approximate surface area is 177 Å². The van der Waals surface area contributed by atoms with E-state index in [9.17, 15) is 13.2 Å². The molecule has 1 saturated carbocycles. The monoisotopic (exact) mass is 432 g/mol. The summed E-state index contributed by atoms with van der Waals surface area (Å²) in [6.07, 6.45) is 3.60. The molecule has 0 atom stereocenters. The molecule has 1 amide bonds. The van der Waals surface area contributed by atoms with E-state index in [4.69, 9.17) is 9.47 Å². The number of ether oxygens (including phenoxy) is 2. The highest BCUT2D eigenvalue weighted by molar-refractivity contribution is 7.92. The van der Waals surface area contributed by atoms with Crippen LogP contribution in [-0.2, 0) is 20.2 Å². The second-order valence-corrected chi connectivity index (χ2v) is 9.07. The first-order chi connectivity index (χ1) is 14.4. The lowest BCUT2D eigenvalue weighted by molar-refractivity contribution is -0.123. The van der Waals surface area contributed by atoms with Gasteiger partial charge in [-0.2, -0.15) is 0 Å². The van der Waals surface area contributed by atoms with E-state index in [0.717, 1.165) is 31.2 Å². The maximum Gasteiger partial charge on any atom is 0.262 e. The number of unbranched alkanes of at least 4 members (excludes halogenated alkanes) is 1. The van der Waals surface area contributed by atoms with Crippen molar-refractivity contribution >= 4 is 21.6 Å². The fraction of sp³-hybridized carbons (Fsp3) is 0.409. The van der Waals surface area contributed by atoms with Gasteiger partial charge in [0.15, 0.2) is 11.5 Å². The van der Waals surface area contributed by atoms with E-state index < -0.39 is 15.4 Å². The van der Waals surface area contributed by atoms with Crippen molar-refractivity contribution < 1.29 is 22.7 Å². The predicted octanol–water partition coefficient (Wildman–Crippen LogP) is 3.45. The number of carbonyl (C=O) groups is 1. The molecule has 2 aromatic rings. The molecule has 3 rings (SSSR count). The number of carbonyl (C=O) groups excluding carboxylic acids is 1. The molecule has 7 nitrogen and oxygen atoms in total. The van der Waals surface area contributed by atoms with Gasteiger partial charge >= 0.3 is 0 Å². The number of benzene rings is 2. The van der Waals surface area contributed by atoms with E-state index in [1.165, 1.54) is 26.4 Å². The van der Waals surface area contributed by atoms with Crippen LogP contribution in [-0.4, -0.2) is 35.1 Å². The molecule has 30 heavy (non-hydrogen) atoms. The summed E-state index contributed by atoms with van der Waals surface area (Å²) in [5, 5.41) is 3.01. The van der Waals surface area contributed by atoms with E-state index in [1.807, 2.05) is 12.1 Å². The first kappa shape index (κ1) is 22.0. The van der Waals surface area contributed by atoms with Crippen LogP contribution in [0.2, 0.25) is 0 Å². The quantitative estimate of drug-likeness (QED) is 0.561. The van der Waals surface area contributed by atoms with Crippen molar-refractivity contribution in [1.82, 2.24) is 5.32 Å². The van der Waals surface area contributed by atoms with Crippen LogP contribution >= 0.6 is 0 Å². The Kier molecular flexibility index (Phi) is 6.55. The largest absolute Gasteiger partial charge is 0.493 e. The maximum atomic E-state index is 12.7. The van der Waals surface area contributed by atoms with Crippen LogP contribution in [0.1, 0.15) is 38.2 Å². The average molecular weight is 433 g/mol. The molecule has 1 aliphatic carbocycles. The normalized spacial score (nSPS) is 14.6. The summed E-state index contributed by atoms with van der Waals surface area (Å²) in [5.74, 6) is 0.836. The van der Waals surface area contributed by atoms with Crippen LogP contribution in [0.15, 0.2) is 47.4 Å². The Morgan fingerprint density at radius 2 is 1.70 bits per heavy atom. The molecule has 1 fully saturated rings. The zero-order valence-electron chi connectivity index (χ0n) is 17.5. The van der Waals surface area contributed by atoms with Crippen molar-refractivity contribution in [2.24, 2.45) is 0 Å². The topological polar surface area (TPSA) is 93.7 Å². The number of hydrogen-bond acceptors (Lipinski definition) is 5. The van der Waals surface area contributed by atoms with Gasteiger partial charge in [-0.15, -0.1) is 0 Å². The molecule has 8 heteroatoms. The standard InChI is InChI=1S/C22H28N2O5S/c1-4-5-14-23-21(25)22(12-13-22)16-6-8-17(9-7-16)24-30(26,27)18-10-11-19(28-2)20(15-18)29-3/h6-11,15,24H,4-5,12-14H2,1-3H3,(H,23,25). The van der Waals surface area contributed by atoms with Crippen LogP contribution in [0.25, 0.3) is 0 Å². The summed E-state index contributed by atoms with van der Waals surface area (Å²) in [5.41, 5.74) is 0.857. The van der Waals surface area contributed by atoms with Gasteiger partial charge in [0.05, 0.1) is 24.5 Å². The molecule has 0 bridgehead atoms. The van der Waals surface area contributed by atoms with E-state index in [-0.39, 0.29) is 10.8 Å². The summed E-state index contributed by atoms with van der Waals surface area (Å²) in [7, 11) is -0.860. The Bertz CT molecular complexity index is 999. The number of anilines is 1. The number of methoxy groups -OCH3 is 2. The molecule has 0 aromatic heterocycles. The highest BCUT2D eigenvalue weighted by atomic mass is 32.2. The van der Waals surface area contributed by atoms with Crippen LogP contribution in [0.5, 0.6) is 11.5 Å². The van der Waals surface area contributed by atoms with Crippen molar-refractivity contribution in [3.05, 3.63) is 48.0 Å². The molecular weight excluding hydrogens is 404 g/mol. The van der Waals surface area contributed by atoms with Gasteiger partial charge in [-0.1, -0.05) is 25.5 Å². The predicted molar refractivity (Wildman–Crippen MR) is 116 cm³/mol. The van der Waals surface area contributed by atoms with E-state index in [1.54, 1.807) is 18.2 Å². The van der Waals surface area contributed by atoms with Crippen molar-refractivity contribution in [2.75, 3.05) is 25.5 Å². The lowest BCUT2D eigenvalue weighted by Gasteiger charge is -2.17. The summed E-state index contributed by atoms with van der Waals surface area (Å²) in [4.78, 5) is 12.6. The van der Waals surface area contributed by atoms with E-state index in [0.29, 0.717) is 23.7 Å². The molecule has 0 heterocycles. The van der Waals surface area contributed by atoms with E-state index in [2.05, 4.69) is 17.0 Å². The molecule has 0 aliphatic heterocycles. The van der Waals surface area contributed by atoms with Gasteiger partial charge in [0.2, 0.25) is 5.91 Å². The molecule has 0 unspecified atom stereocenters. The summed E-state index contributed by atoms with van der Waals surface area (Å²) < 4.78 is 38.4. The zero-order valence-corrected chi connectivity index (χ0v) is 18.3. The highest BCUT2D eigenvalue weighted by Gasteiger charge is 2.50. The van der Waals surface area contributed by atoms with Crippen molar-refractivity contribution in [1.29, 1.82) is 0 Å². The smallest absolute Gasteiger partial charge is 0.262 e. The van der Waals surface area contributed by atoms with Gasteiger partial charge in [-0.05, 0) is 49.1 Å². The lowest BCUT2D eigenvalue weighted by Crippen LogP contribution is -2.35. The number of amides is 1. The molecule has 1 aliphatic rings. The van der Waals surface area contributed by atoms with Crippen LogP contribution in [0.4, 0.5) is 5.69 Å². The van der Waals surface area contributed by atoms with E-state index >= 15 is 0 Å². The summed E-state index contributed by atoms with van der Waals surface area (Å²) in [6, 6.07) is 11.4. The Morgan fingerprint density at radius 1 is 1.03 bits per heavy atom. The first-order valence-electron chi connectivity index (χ1n) is 10.00. The number of nitrogens with one attached hydrogen (secondary N) is 2. The molecule has 0 radical (unpaired) electrons. The molecule has 2 N–H and O–H groups in total. The third-order valence-corrected chi connectivity index (χ3v) is 6.73. The first-order valence-corrected chi connectivity index (χ1v) is 11.5. The minimum absolute atomic E-state index is 0.0506. The van der Waals surface area contributed by atoms with Gasteiger partial charge in [0.1, 0.15) is 0 Å². The highest BCUT2D eigenvalue weighted by Crippen LogP contribution is 2.48. The Hall–Kier alpha value is -2.74. The van der Waals surface area contributed by atoms with Gasteiger partial charge in [0, 0.05) is 18.3 Å². The fourth-order valence-electron chi connectivity index (χ4n) is 3.37. The van der Waals surface area contributed by atoms with Crippen LogP contribution in [0.3, 0.4) is 0 Å². The minimum atomic E-state index is -3.80. The molecule has 162 valence electrons. The summed E-state index contributed by atoms with van der Waals surface area (Å²) in [6.45, 7) is 2.77. The lowest BCUT2D eigenvalue weighted by atomic mass is 9.94. The minimum Gasteiger partial charge on any atom is -0.493 e. The third-order valence-electron chi connectivity index (χ3n) is 5.36. The molecule has 0 saturated heterocycles. The Morgan fingerprint density at radius 3 is 2.27 bits per heavy atom. The van der Waals surface area contributed by atoms with Gasteiger partial charge in [-0.3, -0.25) is 9.52 Å². The molecule has 0 spiro atoms. The number of rotatable bonds is 10. The van der Waals surface area contributed by atoms with Gasteiger partial charge in [0.25, 0.3) is 10.0 Å². The van der Waals surface area contributed by atoms with Crippen LogP contribution < -0.4 is 19.5 Å². The summed E-state index contributed by atoms with van der Waals surface area (Å²) >= 11 is 0. The number of hydrogen-bond donors (Lipinski definition) is 2. The van der Waals surface area contributed by atoms with Crippen molar-refractivity contribution in [2.45, 2.75) is 42.9 Å². The van der Waals surface area contributed by atoms with Crippen molar-refractivity contribution in [3.63, 3.8) is 0 Å². The Balaban J connectivity index is 1.73. The van der Waals surface area contributed by atoms with Gasteiger partial charge in [-0.25, -0.2) is 8.42 Å². The molecule has 2 aromatic carbocycles. The van der Waals surface area contributed by atoms with Gasteiger partial charge < -0.3 is 14.8 Å². The SMILES string of the molecule is CCCCNC(=O)C1(c2ccc(NS(=O)(=O)c3ccc(OC)c(OC)c3)cc2)CC1. The molecular formula is C22H28N2O5S. The second-order valence-electron chi connectivity index (χ2n) is 7.39. The van der Waals surface area contributed by atoms with Crippen LogP contribution in [0, 0.1) is 0 Å². The fourth-order valence-corrected chi connectivity index (χ4v) is 4.45. The average Bonchev–Trinajstić information content (AvgIpc) is 3.55. The van der Waals surface area contributed by atoms with Crippen molar-refractivity contribution in [3.8, 4) is 11.5 Å².